The summed E-state index contributed by atoms with van der Waals surface area (Å²) in [4.78, 5) is 9.42. The molecule has 126 valence electrons. The number of rotatable bonds is 1. The zero-order chi connectivity index (χ0) is 17.9. The molecule has 0 saturated carbocycles. The molecule has 1 aromatic heterocycles. The van der Waals surface area contributed by atoms with Crippen LogP contribution in [0.1, 0.15) is 25.0 Å². The number of benzene rings is 3. The highest BCUT2D eigenvalue weighted by atomic mass is 35.5. The van der Waals surface area contributed by atoms with Crippen molar-refractivity contribution in [1.82, 2.24) is 9.97 Å². The lowest BCUT2D eigenvalue weighted by molar-refractivity contribution is 0.660. The fourth-order valence-electron chi connectivity index (χ4n) is 4.10. The fourth-order valence-corrected chi connectivity index (χ4v) is 4.34. The van der Waals surface area contributed by atoms with E-state index in [1.165, 1.54) is 22.3 Å². The van der Waals surface area contributed by atoms with Crippen LogP contribution in [0.3, 0.4) is 0 Å². The zero-order valence-electron chi connectivity index (χ0n) is 14.6. The van der Waals surface area contributed by atoms with Crippen molar-refractivity contribution in [3.05, 3.63) is 83.0 Å². The molecule has 0 spiro atoms. The Morgan fingerprint density at radius 3 is 2.12 bits per heavy atom. The number of para-hydroxylation sites is 2. The molecule has 1 aliphatic rings. The Labute approximate surface area is 157 Å². The second kappa shape index (κ2) is 5.39. The summed E-state index contributed by atoms with van der Waals surface area (Å²) in [6.45, 7) is 4.55. The van der Waals surface area contributed by atoms with Gasteiger partial charge in [0.15, 0.2) is 5.15 Å². The average Bonchev–Trinajstić information content (AvgIpc) is 2.89. The van der Waals surface area contributed by atoms with Crippen LogP contribution in [0.5, 0.6) is 0 Å². The summed E-state index contributed by atoms with van der Waals surface area (Å²) in [5.41, 5.74) is 8.55. The molecule has 26 heavy (non-hydrogen) atoms. The number of aromatic nitrogens is 2. The third kappa shape index (κ3) is 2.06. The zero-order valence-corrected chi connectivity index (χ0v) is 15.4. The molecule has 0 saturated heterocycles. The average molecular weight is 357 g/mol. The van der Waals surface area contributed by atoms with Gasteiger partial charge in [0.1, 0.15) is 5.69 Å². The minimum absolute atomic E-state index is 0.0430. The quantitative estimate of drug-likeness (QED) is 0.402. The predicted molar refractivity (Wildman–Crippen MR) is 108 cm³/mol. The van der Waals surface area contributed by atoms with Crippen LogP contribution in [0, 0.1) is 0 Å². The number of fused-ring (bicyclic) bond motifs is 4. The molecule has 0 unspecified atom stereocenters. The molecule has 3 heteroatoms. The minimum atomic E-state index is -0.0430. The van der Waals surface area contributed by atoms with E-state index in [0.29, 0.717) is 5.15 Å². The smallest absolute Gasteiger partial charge is 0.156 e. The lowest BCUT2D eigenvalue weighted by atomic mass is 9.82. The summed E-state index contributed by atoms with van der Waals surface area (Å²) in [5.74, 6) is 0. The van der Waals surface area contributed by atoms with Gasteiger partial charge < -0.3 is 0 Å². The van der Waals surface area contributed by atoms with Gasteiger partial charge in [-0.05, 0) is 34.4 Å². The maximum atomic E-state index is 6.56. The SMILES string of the molecule is CC1(C)c2ccccc2-c2c(-c3nc4ccccc4nc3Cl)cccc21. The number of nitrogens with zero attached hydrogens (tertiary/aromatic N) is 2. The Morgan fingerprint density at radius 2 is 1.31 bits per heavy atom. The molecule has 4 aromatic rings. The number of halogens is 1. The second-order valence-corrected chi connectivity index (χ2v) is 7.61. The summed E-state index contributed by atoms with van der Waals surface area (Å²) >= 11 is 6.56. The Hall–Kier alpha value is -2.71. The van der Waals surface area contributed by atoms with E-state index in [-0.39, 0.29) is 5.41 Å². The molecule has 3 aromatic carbocycles. The lowest BCUT2D eigenvalue weighted by Gasteiger charge is -2.21. The van der Waals surface area contributed by atoms with Crippen LogP contribution in [0.25, 0.3) is 33.4 Å². The molecular weight excluding hydrogens is 340 g/mol. The van der Waals surface area contributed by atoms with Crippen molar-refractivity contribution in [2.24, 2.45) is 0 Å². The van der Waals surface area contributed by atoms with Crippen molar-refractivity contribution in [2.75, 3.05) is 0 Å². The largest absolute Gasteiger partial charge is 0.243 e. The van der Waals surface area contributed by atoms with Crippen LogP contribution in [0.15, 0.2) is 66.7 Å². The van der Waals surface area contributed by atoms with Crippen LogP contribution in [-0.2, 0) is 5.41 Å². The lowest BCUT2D eigenvalue weighted by Crippen LogP contribution is -2.14. The van der Waals surface area contributed by atoms with Gasteiger partial charge in [-0.3, -0.25) is 0 Å². The van der Waals surface area contributed by atoms with Gasteiger partial charge in [0.2, 0.25) is 0 Å². The van der Waals surface area contributed by atoms with Crippen LogP contribution in [0.2, 0.25) is 5.15 Å². The highest BCUT2D eigenvalue weighted by Crippen LogP contribution is 2.52. The topological polar surface area (TPSA) is 25.8 Å². The van der Waals surface area contributed by atoms with Gasteiger partial charge >= 0.3 is 0 Å². The molecule has 5 rings (SSSR count). The first-order chi connectivity index (χ1) is 12.6. The van der Waals surface area contributed by atoms with Crippen molar-refractivity contribution < 1.29 is 0 Å². The Bertz CT molecular complexity index is 1180. The van der Waals surface area contributed by atoms with Gasteiger partial charge in [-0.15, -0.1) is 0 Å². The van der Waals surface area contributed by atoms with Gasteiger partial charge in [0.05, 0.1) is 11.0 Å². The first-order valence-electron chi connectivity index (χ1n) is 8.73. The first kappa shape index (κ1) is 15.5. The molecule has 2 nitrogen and oxygen atoms in total. The predicted octanol–water partition coefficient (Wildman–Crippen LogP) is 6.26. The maximum Gasteiger partial charge on any atom is 0.156 e. The Morgan fingerprint density at radius 1 is 0.692 bits per heavy atom. The van der Waals surface area contributed by atoms with E-state index in [2.05, 4.69) is 61.3 Å². The molecular formula is C23H17ClN2. The van der Waals surface area contributed by atoms with Crippen molar-refractivity contribution in [3.8, 4) is 22.4 Å². The Kier molecular flexibility index (Phi) is 3.22. The normalized spacial score (nSPS) is 14.3. The molecule has 0 amide bonds. The molecule has 1 heterocycles. The van der Waals surface area contributed by atoms with Gasteiger partial charge in [-0.1, -0.05) is 80.0 Å². The molecule has 0 bridgehead atoms. The maximum absolute atomic E-state index is 6.56. The van der Waals surface area contributed by atoms with Crippen molar-refractivity contribution in [3.63, 3.8) is 0 Å². The van der Waals surface area contributed by atoms with Gasteiger partial charge in [-0.25, -0.2) is 9.97 Å². The molecule has 0 aliphatic heterocycles. The monoisotopic (exact) mass is 356 g/mol. The summed E-state index contributed by atoms with van der Waals surface area (Å²) < 4.78 is 0. The van der Waals surface area contributed by atoms with Crippen molar-refractivity contribution in [1.29, 1.82) is 0 Å². The minimum Gasteiger partial charge on any atom is -0.243 e. The van der Waals surface area contributed by atoms with E-state index in [1.807, 2.05) is 24.3 Å². The molecule has 0 radical (unpaired) electrons. The summed E-state index contributed by atoms with van der Waals surface area (Å²) in [5, 5.41) is 0.444. The number of hydrogen-bond donors (Lipinski definition) is 0. The fraction of sp³-hybridized carbons (Fsp3) is 0.130. The first-order valence-corrected chi connectivity index (χ1v) is 9.11. The third-order valence-electron chi connectivity index (χ3n) is 5.39. The van der Waals surface area contributed by atoms with E-state index < -0.39 is 0 Å². The van der Waals surface area contributed by atoms with Crippen LogP contribution >= 0.6 is 11.6 Å². The van der Waals surface area contributed by atoms with Crippen LogP contribution in [0.4, 0.5) is 0 Å². The molecule has 0 atom stereocenters. The standard InChI is InChI=1S/C23H17ClN2/c1-23(2)16-10-4-3-8-14(16)20-15(9-7-11-17(20)23)21-22(24)26-19-13-6-5-12-18(19)25-21/h3-13H,1-2H3. The van der Waals surface area contributed by atoms with Gasteiger partial charge in [0, 0.05) is 11.0 Å². The molecule has 0 N–H and O–H groups in total. The van der Waals surface area contributed by atoms with E-state index in [1.54, 1.807) is 0 Å². The highest BCUT2D eigenvalue weighted by Gasteiger charge is 2.36. The summed E-state index contributed by atoms with van der Waals surface area (Å²) in [6.07, 6.45) is 0. The molecule has 1 aliphatic carbocycles. The van der Waals surface area contributed by atoms with Crippen LogP contribution in [-0.4, -0.2) is 9.97 Å². The van der Waals surface area contributed by atoms with Crippen LogP contribution < -0.4 is 0 Å². The molecule has 0 fully saturated rings. The highest BCUT2D eigenvalue weighted by molar-refractivity contribution is 6.32. The van der Waals surface area contributed by atoms with Gasteiger partial charge in [-0.2, -0.15) is 0 Å². The van der Waals surface area contributed by atoms with Crippen molar-refractivity contribution >= 4 is 22.6 Å². The summed E-state index contributed by atoms with van der Waals surface area (Å²) in [6, 6.07) is 22.8. The summed E-state index contributed by atoms with van der Waals surface area (Å²) in [7, 11) is 0. The second-order valence-electron chi connectivity index (χ2n) is 7.25. The number of hydrogen-bond acceptors (Lipinski definition) is 2. The van der Waals surface area contributed by atoms with Gasteiger partial charge in [0.25, 0.3) is 0 Å². The van der Waals surface area contributed by atoms with E-state index >= 15 is 0 Å². The van der Waals surface area contributed by atoms with E-state index in [4.69, 9.17) is 16.6 Å². The van der Waals surface area contributed by atoms with Crippen molar-refractivity contribution in [2.45, 2.75) is 19.3 Å². The third-order valence-corrected chi connectivity index (χ3v) is 5.65. The van der Waals surface area contributed by atoms with E-state index in [9.17, 15) is 0 Å². The van der Waals surface area contributed by atoms with E-state index in [0.717, 1.165) is 22.3 Å². The Balaban J connectivity index is 1.85.